The minimum Gasteiger partial charge on any atom is -0.476 e. The van der Waals surface area contributed by atoms with Crippen molar-refractivity contribution >= 4 is 28.9 Å². The van der Waals surface area contributed by atoms with E-state index in [0.717, 1.165) is 22.6 Å². The Morgan fingerprint density at radius 2 is 1.89 bits per heavy atom. The molecule has 1 aromatic heterocycles. The van der Waals surface area contributed by atoms with E-state index in [-0.39, 0.29) is 16.6 Å². The summed E-state index contributed by atoms with van der Waals surface area (Å²) in [5.74, 6) is -1.45. The fourth-order valence-electron chi connectivity index (χ4n) is 1.50. The maximum absolute atomic E-state index is 12.1. The first-order chi connectivity index (χ1) is 8.99. The van der Waals surface area contributed by atoms with Crippen molar-refractivity contribution in [3.63, 3.8) is 0 Å². The smallest absolute Gasteiger partial charge is 0.355 e. The number of aryl methyl sites for hydroxylation is 1. The van der Waals surface area contributed by atoms with E-state index in [1.54, 1.807) is 7.05 Å². The summed E-state index contributed by atoms with van der Waals surface area (Å²) < 4.78 is 0. The molecule has 0 radical (unpaired) electrons. The molecular formula is C13H12N2O3S. The lowest BCUT2D eigenvalue weighted by Gasteiger charge is -2.15. The summed E-state index contributed by atoms with van der Waals surface area (Å²) in [5, 5.41) is 10.3. The van der Waals surface area contributed by atoms with Gasteiger partial charge >= 0.3 is 5.97 Å². The van der Waals surface area contributed by atoms with Gasteiger partial charge in [-0.1, -0.05) is 17.7 Å². The van der Waals surface area contributed by atoms with Crippen LogP contribution in [0.1, 0.15) is 25.9 Å². The van der Waals surface area contributed by atoms with E-state index in [2.05, 4.69) is 4.98 Å². The second-order valence-electron chi connectivity index (χ2n) is 4.04. The van der Waals surface area contributed by atoms with E-state index in [4.69, 9.17) is 5.11 Å². The third-order valence-electron chi connectivity index (χ3n) is 2.63. The lowest BCUT2D eigenvalue weighted by Crippen LogP contribution is -2.26. The number of amides is 1. The Hall–Kier alpha value is -2.21. The number of anilines is 1. The molecule has 0 aliphatic heterocycles. The second kappa shape index (κ2) is 5.19. The molecule has 0 aliphatic rings. The van der Waals surface area contributed by atoms with Crippen LogP contribution in [0, 0.1) is 6.92 Å². The van der Waals surface area contributed by atoms with Gasteiger partial charge in [-0.05, 0) is 19.1 Å². The molecule has 6 heteroatoms. The van der Waals surface area contributed by atoms with Gasteiger partial charge in [0.25, 0.3) is 5.91 Å². The van der Waals surface area contributed by atoms with Crippen LogP contribution in [-0.2, 0) is 0 Å². The second-order valence-corrected chi connectivity index (χ2v) is 4.90. The number of hydrogen-bond acceptors (Lipinski definition) is 4. The third kappa shape index (κ3) is 2.79. The topological polar surface area (TPSA) is 70.5 Å². The van der Waals surface area contributed by atoms with Crippen molar-refractivity contribution in [3.05, 3.63) is 45.9 Å². The fraction of sp³-hybridized carbons (Fsp3) is 0.154. The molecule has 5 nitrogen and oxygen atoms in total. The average Bonchev–Trinajstić information content (AvgIpc) is 2.87. The van der Waals surface area contributed by atoms with Gasteiger partial charge in [0.15, 0.2) is 10.7 Å². The number of aromatic nitrogens is 1. The summed E-state index contributed by atoms with van der Waals surface area (Å²) in [7, 11) is 1.63. The SMILES string of the molecule is Cc1ccc(N(C)C(=O)c2nc(C(=O)O)cs2)cc1. The highest BCUT2D eigenvalue weighted by Gasteiger charge is 2.19. The standard InChI is InChI=1S/C13H12N2O3S/c1-8-3-5-9(6-4-8)15(2)12(16)11-14-10(7-19-11)13(17)18/h3-7H,1-2H3,(H,17,18). The first-order valence-corrected chi connectivity index (χ1v) is 6.40. The zero-order valence-electron chi connectivity index (χ0n) is 10.5. The van der Waals surface area contributed by atoms with Crippen LogP contribution in [0.15, 0.2) is 29.6 Å². The molecule has 0 saturated heterocycles. The van der Waals surface area contributed by atoms with Crippen molar-refractivity contribution in [3.8, 4) is 0 Å². The van der Waals surface area contributed by atoms with Gasteiger partial charge in [0, 0.05) is 18.1 Å². The van der Waals surface area contributed by atoms with Gasteiger partial charge in [0.05, 0.1) is 0 Å². The van der Waals surface area contributed by atoms with Crippen LogP contribution in [0.4, 0.5) is 5.69 Å². The quantitative estimate of drug-likeness (QED) is 0.934. The summed E-state index contributed by atoms with van der Waals surface area (Å²) in [6, 6.07) is 7.48. The number of rotatable bonds is 3. The van der Waals surface area contributed by atoms with Gasteiger partial charge in [0.1, 0.15) is 0 Å². The lowest BCUT2D eigenvalue weighted by atomic mass is 10.2. The number of thiazole rings is 1. The van der Waals surface area contributed by atoms with Gasteiger partial charge in [-0.15, -0.1) is 11.3 Å². The molecule has 0 atom stereocenters. The molecule has 1 heterocycles. The predicted molar refractivity (Wildman–Crippen MR) is 73.0 cm³/mol. The van der Waals surface area contributed by atoms with Crippen LogP contribution in [-0.4, -0.2) is 29.0 Å². The van der Waals surface area contributed by atoms with Gasteiger partial charge in [-0.25, -0.2) is 9.78 Å². The Bertz CT molecular complexity index is 619. The first-order valence-electron chi connectivity index (χ1n) is 5.52. The Balaban J connectivity index is 2.22. The normalized spacial score (nSPS) is 10.2. The molecule has 0 spiro atoms. The fourth-order valence-corrected chi connectivity index (χ4v) is 2.26. The van der Waals surface area contributed by atoms with E-state index >= 15 is 0 Å². The summed E-state index contributed by atoms with van der Waals surface area (Å²) in [5.41, 5.74) is 1.74. The summed E-state index contributed by atoms with van der Waals surface area (Å²) in [6.07, 6.45) is 0. The molecule has 0 bridgehead atoms. The number of hydrogen-bond donors (Lipinski definition) is 1. The van der Waals surface area contributed by atoms with Gasteiger partial charge in [-0.2, -0.15) is 0 Å². The highest BCUT2D eigenvalue weighted by atomic mass is 32.1. The molecular weight excluding hydrogens is 264 g/mol. The molecule has 2 rings (SSSR count). The number of carbonyl (C=O) groups excluding carboxylic acids is 1. The Labute approximate surface area is 114 Å². The molecule has 19 heavy (non-hydrogen) atoms. The van der Waals surface area contributed by atoms with Crippen molar-refractivity contribution in [1.82, 2.24) is 4.98 Å². The summed E-state index contributed by atoms with van der Waals surface area (Å²) in [4.78, 5) is 28.1. The molecule has 1 N–H and O–H groups in total. The maximum Gasteiger partial charge on any atom is 0.355 e. The van der Waals surface area contributed by atoms with Crippen molar-refractivity contribution in [1.29, 1.82) is 0 Å². The van der Waals surface area contributed by atoms with E-state index < -0.39 is 5.97 Å². The minimum atomic E-state index is -1.13. The predicted octanol–water partition coefficient (Wildman–Crippen LogP) is 2.43. The van der Waals surface area contributed by atoms with Crippen LogP contribution in [0.2, 0.25) is 0 Å². The molecule has 0 saturated carbocycles. The zero-order chi connectivity index (χ0) is 14.0. The van der Waals surface area contributed by atoms with Crippen LogP contribution in [0.5, 0.6) is 0 Å². The minimum absolute atomic E-state index is 0.106. The number of aromatic carboxylic acids is 1. The highest BCUT2D eigenvalue weighted by Crippen LogP contribution is 2.18. The molecule has 1 amide bonds. The van der Waals surface area contributed by atoms with Crippen molar-refractivity contribution in [2.24, 2.45) is 0 Å². The third-order valence-corrected chi connectivity index (χ3v) is 3.46. The van der Waals surface area contributed by atoms with Crippen molar-refractivity contribution < 1.29 is 14.7 Å². The molecule has 0 aliphatic carbocycles. The molecule has 0 fully saturated rings. The zero-order valence-corrected chi connectivity index (χ0v) is 11.3. The largest absolute Gasteiger partial charge is 0.476 e. The van der Waals surface area contributed by atoms with E-state index in [1.165, 1.54) is 10.3 Å². The number of carboxylic acid groups (broad SMARTS) is 1. The molecule has 0 unspecified atom stereocenters. The number of carbonyl (C=O) groups is 2. The van der Waals surface area contributed by atoms with Gasteiger partial charge in [0.2, 0.25) is 0 Å². The van der Waals surface area contributed by atoms with Gasteiger partial charge < -0.3 is 10.0 Å². The van der Waals surface area contributed by atoms with E-state index in [0.29, 0.717) is 0 Å². The summed E-state index contributed by atoms with van der Waals surface area (Å²) in [6.45, 7) is 1.96. The monoisotopic (exact) mass is 276 g/mol. The van der Waals surface area contributed by atoms with Crippen molar-refractivity contribution in [2.45, 2.75) is 6.92 Å². The number of carboxylic acids is 1. The Morgan fingerprint density at radius 3 is 2.42 bits per heavy atom. The molecule has 2 aromatic rings. The van der Waals surface area contributed by atoms with Crippen LogP contribution < -0.4 is 4.90 Å². The Morgan fingerprint density at radius 1 is 1.26 bits per heavy atom. The Kier molecular flexibility index (Phi) is 3.62. The van der Waals surface area contributed by atoms with Crippen molar-refractivity contribution in [2.75, 3.05) is 11.9 Å². The molecule has 98 valence electrons. The van der Waals surface area contributed by atoms with E-state index in [1.807, 2.05) is 31.2 Å². The summed E-state index contributed by atoms with van der Waals surface area (Å²) >= 11 is 1.03. The van der Waals surface area contributed by atoms with E-state index in [9.17, 15) is 9.59 Å². The van der Waals surface area contributed by atoms with Crippen LogP contribution in [0.3, 0.4) is 0 Å². The first kappa shape index (κ1) is 13.2. The molecule has 1 aromatic carbocycles. The average molecular weight is 276 g/mol. The number of benzene rings is 1. The number of nitrogens with zero attached hydrogens (tertiary/aromatic N) is 2. The van der Waals surface area contributed by atoms with Gasteiger partial charge in [-0.3, -0.25) is 4.79 Å². The lowest BCUT2D eigenvalue weighted by molar-refractivity contribution is 0.0691. The van der Waals surface area contributed by atoms with Crippen LogP contribution in [0.25, 0.3) is 0 Å². The maximum atomic E-state index is 12.1. The van der Waals surface area contributed by atoms with Crippen LogP contribution >= 0.6 is 11.3 Å². The highest BCUT2D eigenvalue weighted by molar-refractivity contribution is 7.12.